The Morgan fingerprint density at radius 2 is 1.70 bits per heavy atom. The van der Waals surface area contributed by atoms with Crippen LogP contribution in [0.2, 0.25) is 15.2 Å². The maximum atomic E-state index is 13.6. The second kappa shape index (κ2) is 14.9. The van der Waals surface area contributed by atoms with E-state index in [-0.39, 0.29) is 36.4 Å². The number of nitrogens with one attached hydrogen (secondary N) is 1. The summed E-state index contributed by atoms with van der Waals surface area (Å²) in [6, 6.07) is 9.84. The molecule has 2 aromatic carbocycles. The molecule has 1 unspecified atom stereocenters. The fourth-order valence-corrected chi connectivity index (χ4v) is 5.76. The van der Waals surface area contributed by atoms with Gasteiger partial charge in [-0.1, -0.05) is 40.9 Å². The van der Waals surface area contributed by atoms with Crippen molar-refractivity contribution < 1.29 is 23.8 Å². The van der Waals surface area contributed by atoms with E-state index in [9.17, 15) is 9.59 Å². The van der Waals surface area contributed by atoms with Crippen LogP contribution < -0.4 is 24.4 Å². The standard InChI is InChI=1S/C31H32Cl3N7O5/c1-44-24-11-20(12-25(45-2)30(24)46-3)16-36-28(42)14-21-17-39(27-15-26(34)37-31(38-27)40-7-6-35-18-40)8-9-41(21)29(43)13-19-4-5-22(32)23(33)10-19/h4-7,10-12,15,18,21H,8-9,13-14,16-17H2,1-3H3,(H,36,42). The van der Waals surface area contributed by atoms with E-state index in [2.05, 4.69) is 20.3 Å². The van der Waals surface area contributed by atoms with Gasteiger partial charge < -0.3 is 29.3 Å². The average molecular weight is 689 g/mol. The molecule has 1 N–H and O–H groups in total. The number of imidazole rings is 1. The molecular formula is C31H32Cl3N7O5. The fraction of sp³-hybridized carbons (Fsp3) is 0.323. The first-order chi connectivity index (χ1) is 22.2. The SMILES string of the molecule is COc1cc(CNC(=O)CC2CN(c3cc(Cl)nc(-n4ccnc4)n3)CCN2C(=O)Cc2ccc(Cl)c(Cl)c2)cc(OC)c1OC. The van der Waals surface area contributed by atoms with Gasteiger partial charge >= 0.3 is 0 Å². The van der Waals surface area contributed by atoms with Crippen molar-refractivity contribution in [3.8, 4) is 23.2 Å². The van der Waals surface area contributed by atoms with Crippen LogP contribution in [0.4, 0.5) is 5.82 Å². The molecule has 0 bridgehead atoms. The van der Waals surface area contributed by atoms with Crippen molar-refractivity contribution in [2.24, 2.45) is 0 Å². The number of carbonyl (C=O) groups is 2. The number of aromatic nitrogens is 4. The lowest BCUT2D eigenvalue weighted by molar-refractivity contribution is -0.134. The highest BCUT2D eigenvalue weighted by molar-refractivity contribution is 6.42. The molecule has 0 spiro atoms. The van der Waals surface area contributed by atoms with Gasteiger partial charge in [-0.15, -0.1) is 0 Å². The fourth-order valence-electron chi connectivity index (χ4n) is 5.27. The molecule has 5 rings (SSSR count). The van der Waals surface area contributed by atoms with Crippen molar-refractivity contribution in [1.29, 1.82) is 0 Å². The lowest BCUT2D eigenvalue weighted by Gasteiger charge is -2.42. The molecule has 0 saturated carbocycles. The highest BCUT2D eigenvalue weighted by Crippen LogP contribution is 2.38. The minimum Gasteiger partial charge on any atom is -0.493 e. The average Bonchev–Trinajstić information content (AvgIpc) is 3.60. The number of benzene rings is 2. The zero-order chi connectivity index (χ0) is 32.8. The summed E-state index contributed by atoms with van der Waals surface area (Å²) in [7, 11) is 4.58. The molecule has 0 aliphatic carbocycles. The molecule has 1 saturated heterocycles. The Bertz CT molecular complexity index is 1680. The van der Waals surface area contributed by atoms with Gasteiger partial charge in [0.05, 0.1) is 43.8 Å². The summed E-state index contributed by atoms with van der Waals surface area (Å²) in [5, 5.41) is 4.00. The molecule has 2 aromatic heterocycles. The summed E-state index contributed by atoms with van der Waals surface area (Å²) in [5.74, 6) is 1.96. The van der Waals surface area contributed by atoms with Gasteiger partial charge in [0.25, 0.3) is 0 Å². The second-order valence-electron chi connectivity index (χ2n) is 10.4. The molecule has 1 atom stereocenters. The Hall–Kier alpha value is -4.26. The molecule has 0 radical (unpaired) electrons. The Labute approximate surface area is 281 Å². The van der Waals surface area contributed by atoms with Crippen molar-refractivity contribution in [3.05, 3.63) is 81.4 Å². The van der Waals surface area contributed by atoms with Crippen LogP contribution in [0.1, 0.15) is 17.5 Å². The molecule has 3 heterocycles. The van der Waals surface area contributed by atoms with Gasteiger partial charge in [0.15, 0.2) is 11.5 Å². The van der Waals surface area contributed by atoms with Crippen LogP contribution in [-0.4, -0.2) is 83.2 Å². The molecule has 12 nitrogen and oxygen atoms in total. The number of anilines is 1. The van der Waals surface area contributed by atoms with Gasteiger partial charge in [-0.3, -0.25) is 14.2 Å². The maximum absolute atomic E-state index is 13.6. The van der Waals surface area contributed by atoms with Gasteiger partial charge in [-0.25, -0.2) is 9.97 Å². The van der Waals surface area contributed by atoms with Crippen LogP contribution in [0.15, 0.2) is 55.1 Å². The predicted octanol–water partition coefficient (Wildman–Crippen LogP) is 4.61. The summed E-state index contributed by atoms with van der Waals surface area (Å²) in [6.07, 6.45) is 5.06. The normalized spacial score (nSPS) is 14.6. The molecule has 15 heteroatoms. The maximum Gasteiger partial charge on any atom is 0.238 e. The van der Waals surface area contributed by atoms with Gasteiger partial charge in [-0.05, 0) is 35.4 Å². The first kappa shape index (κ1) is 33.1. The zero-order valence-corrected chi connectivity index (χ0v) is 27.6. The molecule has 46 heavy (non-hydrogen) atoms. The molecule has 1 fully saturated rings. The van der Waals surface area contributed by atoms with Crippen LogP contribution >= 0.6 is 34.8 Å². The summed E-state index contributed by atoms with van der Waals surface area (Å²) in [4.78, 5) is 43.8. The van der Waals surface area contributed by atoms with Crippen molar-refractivity contribution in [1.82, 2.24) is 29.7 Å². The highest BCUT2D eigenvalue weighted by atomic mass is 35.5. The van der Waals surface area contributed by atoms with Crippen LogP contribution in [0.25, 0.3) is 5.95 Å². The molecule has 4 aromatic rings. The third kappa shape index (κ3) is 7.75. The third-order valence-electron chi connectivity index (χ3n) is 7.51. The van der Waals surface area contributed by atoms with Crippen molar-refractivity contribution in [2.45, 2.75) is 25.4 Å². The smallest absolute Gasteiger partial charge is 0.238 e. The molecule has 1 aliphatic rings. The van der Waals surface area contributed by atoms with Crippen LogP contribution in [0, 0.1) is 0 Å². The van der Waals surface area contributed by atoms with Crippen LogP contribution in [0.3, 0.4) is 0 Å². The van der Waals surface area contributed by atoms with Gasteiger partial charge in [0.2, 0.25) is 23.5 Å². The quantitative estimate of drug-likeness (QED) is 0.225. The minimum atomic E-state index is -0.477. The summed E-state index contributed by atoms with van der Waals surface area (Å²) in [6.45, 7) is 1.36. The van der Waals surface area contributed by atoms with E-state index in [1.165, 1.54) is 21.3 Å². The largest absolute Gasteiger partial charge is 0.493 e. The van der Waals surface area contributed by atoms with E-state index < -0.39 is 6.04 Å². The number of methoxy groups -OCH3 is 3. The third-order valence-corrected chi connectivity index (χ3v) is 8.44. The number of ether oxygens (including phenoxy) is 3. The lowest BCUT2D eigenvalue weighted by atomic mass is 10.0. The Morgan fingerprint density at radius 1 is 0.935 bits per heavy atom. The number of nitrogens with zero attached hydrogens (tertiary/aromatic N) is 6. The summed E-state index contributed by atoms with van der Waals surface area (Å²) >= 11 is 18.7. The van der Waals surface area contributed by atoms with Crippen LogP contribution in [-0.2, 0) is 22.6 Å². The molecule has 1 aliphatic heterocycles. The second-order valence-corrected chi connectivity index (χ2v) is 11.6. The van der Waals surface area contributed by atoms with Crippen LogP contribution in [0.5, 0.6) is 17.2 Å². The van der Waals surface area contributed by atoms with Crippen molar-refractivity contribution in [2.75, 3.05) is 45.9 Å². The number of amides is 2. The lowest BCUT2D eigenvalue weighted by Crippen LogP contribution is -2.57. The minimum absolute atomic E-state index is 0.0429. The zero-order valence-electron chi connectivity index (χ0n) is 25.4. The van der Waals surface area contributed by atoms with Gasteiger partial charge in [0, 0.05) is 51.1 Å². The number of carbonyl (C=O) groups excluding carboxylic acids is 2. The van der Waals surface area contributed by atoms with Gasteiger partial charge in [-0.2, -0.15) is 4.98 Å². The van der Waals surface area contributed by atoms with Gasteiger partial charge in [0.1, 0.15) is 17.3 Å². The Balaban J connectivity index is 1.35. The number of hydrogen-bond acceptors (Lipinski definition) is 9. The monoisotopic (exact) mass is 687 g/mol. The summed E-state index contributed by atoms with van der Waals surface area (Å²) in [5.41, 5.74) is 1.48. The molecular weight excluding hydrogens is 657 g/mol. The van der Waals surface area contributed by atoms with Crippen molar-refractivity contribution >= 4 is 52.4 Å². The van der Waals surface area contributed by atoms with E-state index >= 15 is 0 Å². The number of piperazine rings is 1. The van der Waals surface area contributed by atoms with E-state index in [0.29, 0.717) is 58.7 Å². The predicted molar refractivity (Wildman–Crippen MR) is 175 cm³/mol. The van der Waals surface area contributed by atoms with Crippen molar-refractivity contribution in [3.63, 3.8) is 0 Å². The topological polar surface area (TPSA) is 124 Å². The molecule has 2 amide bonds. The number of hydrogen-bond donors (Lipinski definition) is 1. The number of halogens is 3. The number of rotatable bonds is 11. The van der Waals surface area contributed by atoms with E-state index in [1.54, 1.807) is 64.6 Å². The van der Waals surface area contributed by atoms with E-state index in [1.807, 2.05) is 4.90 Å². The van der Waals surface area contributed by atoms with E-state index in [4.69, 9.17) is 49.0 Å². The Kier molecular flexibility index (Phi) is 10.7. The highest BCUT2D eigenvalue weighted by Gasteiger charge is 2.33. The van der Waals surface area contributed by atoms with E-state index in [0.717, 1.165) is 11.1 Å². The Morgan fingerprint density at radius 3 is 2.35 bits per heavy atom. The first-order valence-electron chi connectivity index (χ1n) is 14.3. The molecule has 242 valence electrons. The summed E-state index contributed by atoms with van der Waals surface area (Å²) < 4.78 is 17.9. The first-order valence-corrected chi connectivity index (χ1v) is 15.4.